The molecule has 0 aromatic rings. The number of aliphatic hydroxyl groups is 1. The summed E-state index contributed by atoms with van der Waals surface area (Å²) in [5.74, 6) is -1.48. The number of hydrazine groups is 1. The van der Waals surface area contributed by atoms with Crippen molar-refractivity contribution in [3.63, 3.8) is 0 Å². The first-order valence-corrected chi connectivity index (χ1v) is 5.98. The molecule has 2 amide bonds. The maximum absolute atomic E-state index is 12.4. The quantitative estimate of drug-likeness (QED) is 0.406. The molecule has 7 nitrogen and oxygen atoms in total. The Labute approximate surface area is 110 Å². The summed E-state index contributed by atoms with van der Waals surface area (Å²) in [6, 6.07) is -0.921. The van der Waals surface area contributed by atoms with Crippen molar-refractivity contribution in [1.29, 1.82) is 0 Å². The minimum atomic E-state index is -1.31. The molecule has 1 N–H and O–H groups in total. The number of hydrogen-bond acceptors (Lipinski definition) is 5. The van der Waals surface area contributed by atoms with Gasteiger partial charge in [-0.15, -0.1) is 0 Å². The number of esters is 1. The maximum atomic E-state index is 12.4. The zero-order valence-corrected chi connectivity index (χ0v) is 10.8. The highest BCUT2D eigenvalue weighted by Gasteiger charge is 2.57. The van der Waals surface area contributed by atoms with Gasteiger partial charge in [-0.3, -0.25) is 9.59 Å². The number of rotatable bonds is 3. The summed E-state index contributed by atoms with van der Waals surface area (Å²) in [6.45, 7) is 1.45. The zero-order chi connectivity index (χ0) is 14.2. The lowest BCUT2D eigenvalue weighted by Crippen LogP contribution is -2.52. The van der Waals surface area contributed by atoms with Gasteiger partial charge in [-0.05, 0) is 13.3 Å². The van der Waals surface area contributed by atoms with Gasteiger partial charge in [0.25, 0.3) is 11.8 Å². The van der Waals surface area contributed by atoms with Crippen molar-refractivity contribution in [3.05, 3.63) is 12.2 Å². The number of carbonyl (C=O) groups excluding carboxylic acids is 3. The molecule has 7 heteroatoms. The number of carbonyl (C=O) groups is 3. The zero-order valence-electron chi connectivity index (χ0n) is 10.8. The molecule has 2 unspecified atom stereocenters. The fourth-order valence-electron chi connectivity index (χ4n) is 2.39. The van der Waals surface area contributed by atoms with Crippen molar-refractivity contribution in [2.75, 3.05) is 20.3 Å². The predicted octanol–water partition coefficient (Wildman–Crippen LogP) is -0.928. The van der Waals surface area contributed by atoms with Gasteiger partial charge in [-0.1, -0.05) is 12.2 Å². The molecular weight excluding hydrogens is 252 g/mol. The van der Waals surface area contributed by atoms with Crippen LogP contribution in [0.1, 0.15) is 13.3 Å². The lowest BCUT2D eigenvalue weighted by Gasteiger charge is -2.33. The molecule has 0 aromatic carbocycles. The number of nitrogens with zero attached hydrogens (tertiary/aromatic N) is 2. The monoisotopic (exact) mass is 268 g/mol. The van der Waals surface area contributed by atoms with E-state index < -0.39 is 29.2 Å². The van der Waals surface area contributed by atoms with E-state index in [9.17, 15) is 14.4 Å². The standard InChI is InChI=1S/C12H16N2O5/c1-12(5-7-15)10(17)13-6-3-4-8(9(16)19-2)14(13)11(12)18/h3-4,8,15H,5-7H2,1-2H3. The van der Waals surface area contributed by atoms with Gasteiger partial charge in [0.05, 0.1) is 13.7 Å². The van der Waals surface area contributed by atoms with Crippen LogP contribution in [-0.4, -0.2) is 59.2 Å². The second kappa shape index (κ2) is 4.65. The van der Waals surface area contributed by atoms with Crippen LogP contribution in [0, 0.1) is 5.41 Å². The lowest BCUT2D eigenvalue weighted by molar-refractivity contribution is -0.163. The van der Waals surface area contributed by atoms with Crippen LogP contribution in [0.15, 0.2) is 12.2 Å². The molecule has 0 radical (unpaired) electrons. The second-order valence-corrected chi connectivity index (χ2v) is 4.74. The summed E-state index contributed by atoms with van der Waals surface area (Å²) in [4.78, 5) is 36.4. The molecule has 19 heavy (non-hydrogen) atoms. The minimum Gasteiger partial charge on any atom is -0.467 e. The van der Waals surface area contributed by atoms with Crippen LogP contribution in [0.5, 0.6) is 0 Å². The van der Waals surface area contributed by atoms with Gasteiger partial charge in [0.15, 0.2) is 6.04 Å². The van der Waals surface area contributed by atoms with E-state index in [1.165, 1.54) is 25.1 Å². The van der Waals surface area contributed by atoms with Gasteiger partial charge in [-0.2, -0.15) is 0 Å². The molecule has 0 bridgehead atoms. The third-order valence-electron chi connectivity index (χ3n) is 3.56. The Hall–Kier alpha value is -1.89. The Kier molecular flexibility index (Phi) is 3.32. The molecular formula is C12H16N2O5. The van der Waals surface area contributed by atoms with Crippen LogP contribution in [-0.2, 0) is 19.1 Å². The molecule has 0 spiro atoms. The minimum absolute atomic E-state index is 0.0333. The van der Waals surface area contributed by atoms with E-state index in [4.69, 9.17) is 5.11 Å². The summed E-state index contributed by atoms with van der Waals surface area (Å²) in [6.07, 6.45) is 3.22. The van der Waals surface area contributed by atoms with Crippen LogP contribution in [0.25, 0.3) is 0 Å². The highest BCUT2D eigenvalue weighted by Crippen LogP contribution is 2.37. The molecule has 1 saturated heterocycles. The van der Waals surface area contributed by atoms with Crippen molar-refractivity contribution in [1.82, 2.24) is 10.0 Å². The number of methoxy groups -OCH3 is 1. The first-order valence-electron chi connectivity index (χ1n) is 5.98. The highest BCUT2D eigenvalue weighted by atomic mass is 16.5. The van der Waals surface area contributed by atoms with E-state index in [1.54, 1.807) is 6.08 Å². The van der Waals surface area contributed by atoms with E-state index in [2.05, 4.69) is 4.74 Å². The molecule has 2 rings (SSSR count). The summed E-state index contributed by atoms with van der Waals surface area (Å²) in [5.41, 5.74) is -1.31. The Bertz CT molecular complexity index is 461. The van der Waals surface area contributed by atoms with E-state index in [0.29, 0.717) is 0 Å². The summed E-state index contributed by atoms with van der Waals surface area (Å²) in [5, 5.41) is 11.4. The third-order valence-corrected chi connectivity index (χ3v) is 3.56. The molecule has 0 aliphatic carbocycles. The van der Waals surface area contributed by atoms with Crippen molar-refractivity contribution < 1.29 is 24.2 Å². The fourth-order valence-corrected chi connectivity index (χ4v) is 2.39. The van der Waals surface area contributed by atoms with Crippen LogP contribution in [0.3, 0.4) is 0 Å². The van der Waals surface area contributed by atoms with Crippen LogP contribution < -0.4 is 0 Å². The smallest absolute Gasteiger partial charge is 0.334 e. The van der Waals surface area contributed by atoms with E-state index >= 15 is 0 Å². The third kappa shape index (κ3) is 1.81. The molecule has 2 aliphatic heterocycles. The average Bonchev–Trinajstić information content (AvgIpc) is 2.61. The van der Waals surface area contributed by atoms with Crippen molar-refractivity contribution >= 4 is 17.8 Å². The van der Waals surface area contributed by atoms with E-state index in [1.807, 2.05) is 0 Å². The molecule has 0 saturated carbocycles. The van der Waals surface area contributed by atoms with Gasteiger partial charge in [0, 0.05) is 6.61 Å². The Morgan fingerprint density at radius 2 is 2.21 bits per heavy atom. The first-order chi connectivity index (χ1) is 8.97. The molecule has 104 valence electrons. The fraction of sp³-hybridized carbons (Fsp3) is 0.583. The normalized spacial score (nSPS) is 29.7. The number of ether oxygens (including phenoxy) is 1. The summed E-state index contributed by atoms with van der Waals surface area (Å²) in [7, 11) is 1.23. The summed E-state index contributed by atoms with van der Waals surface area (Å²) < 4.78 is 4.64. The van der Waals surface area contributed by atoms with Crippen molar-refractivity contribution in [3.8, 4) is 0 Å². The van der Waals surface area contributed by atoms with E-state index in [-0.39, 0.29) is 19.6 Å². The molecule has 2 heterocycles. The lowest BCUT2D eigenvalue weighted by atomic mass is 9.86. The number of amides is 2. The molecule has 2 aliphatic rings. The van der Waals surface area contributed by atoms with Crippen LogP contribution in [0.4, 0.5) is 0 Å². The number of fused-ring (bicyclic) bond motifs is 1. The molecule has 1 fully saturated rings. The Morgan fingerprint density at radius 3 is 2.79 bits per heavy atom. The largest absolute Gasteiger partial charge is 0.467 e. The van der Waals surface area contributed by atoms with E-state index in [0.717, 1.165) is 5.01 Å². The van der Waals surface area contributed by atoms with Gasteiger partial charge in [0.1, 0.15) is 5.41 Å². The van der Waals surface area contributed by atoms with Gasteiger partial charge >= 0.3 is 5.97 Å². The molecule has 2 atom stereocenters. The van der Waals surface area contributed by atoms with Gasteiger partial charge in [0.2, 0.25) is 0 Å². The highest BCUT2D eigenvalue weighted by molar-refractivity contribution is 6.10. The SMILES string of the molecule is COC(=O)C1C=CCN2C(=O)C(C)(CCO)C(=O)N12. The summed E-state index contributed by atoms with van der Waals surface area (Å²) >= 11 is 0. The predicted molar refractivity (Wildman–Crippen MR) is 63.3 cm³/mol. The Balaban J connectivity index is 2.38. The van der Waals surface area contributed by atoms with Crippen LogP contribution >= 0.6 is 0 Å². The molecule has 0 aromatic heterocycles. The number of hydrogen-bond donors (Lipinski definition) is 1. The maximum Gasteiger partial charge on any atom is 0.334 e. The van der Waals surface area contributed by atoms with Gasteiger partial charge < -0.3 is 9.84 Å². The first kappa shape index (κ1) is 13.5. The topological polar surface area (TPSA) is 87.1 Å². The average molecular weight is 268 g/mol. The van der Waals surface area contributed by atoms with Crippen LogP contribution in [0.2, 0.25) is 0 Å². The second-order valence-electron chi connectivity index (χ2n) is 4.74. The van der Waals surface area contributed by atoms with Crippen molar-refractivity contribution in [2.45, 2.75) is 19.4 Å². The van der Waals surface area contributed by atoms with Gasteiger partial charge in [-0.25, -0.2) is 14.8 Å². The van der Waals surface area contributed by atoms with Crippen molar-refractivity contribution in [2.24, 2.45) is 5.41 Å². The Morgan fingerprint density at radius 1 is 1.53 bits per heavy atom. The number of aliphatic hydroxyl groups excluding tert-OH is 1.